The predicted molar refractivity (Wildman–Crippen MR) is 172 cm³/mol. The quantitative estimate of drug-likeness (QED) is 0.150. The van der Waals surface area contributed by atoms with E-state index in [-0.39, 0.29) is 23.0 Å². The highest BCUT2D eigenvalue weighted by Gasteiger charge is 2.58. The standard InChI is InChI=1S/C17H25F3N2O2.C16H24N2O2/c1-7-22(5)10-21-14-9-15(24-6)13(8-12(14)4)16(23,11(2)3)17(18,19)20;1-7-18(5)10-17-14-9-15(20-6)13(8-12(14)4)16(19)11(2)3/h8-11,23H,7H2,1-6H3;8-11H,7H2,1-6H3. The summed E-state index contributed by atoms with van der Waals surface area (Å²) in [6, 6.07) is 6.40. The zero-order valence-electron chi connectivity index (χ0n) is 28.1. The Hall–Kier alpha value is -3.60. The first-order chi connectivity index (χ1) is 20.4. The summed E-state index contributed by atoms with van der Waals surface area (Å²) in [4.78, 5) is 24.7. The van der Waals surface area contributed by atoms with E-state index in [1.54, 1.807) is 26.7 Å². The van der Waals surface area contributed by atoms with Crippen molar-refractivity contribution in [3.8, 4) is 11.5 Å². The molecule has 1 unspecified atom stereocenters. The summed E-state index contributed by atoms with van der Waals surface area (Å²) in [7, 11) is 6.66. The zero-order valence-corrected chi connectivity index (χ0v) is 28.1. The summed E-state index contributed by atoms with van der Waals surface area (Å²) in [6.07, 6.45) is -1.44. The molecule has 1 atom stereocenters. The first kappa shape index (κ1) is 38.4. The van der Waals surface area contributed by atoms with Crippen molar-refractivity contribution in [2.24, 2.45) is 21.8 Å². The van der Waals surface area contributed by atoms with Crippen molar-refractivity contribution in [1.29, 1.82) is 0 Å². The van der Waals surface area contributed by atoms with Gasteiger partial charge in [0.1, 0.15) is 11.5 Å². The Labute approximate surface area is 260 Å². The molecule has 0 saturated heterocycles. The fourth-order valence-corrected chi connectivity index (χ4v) is 4.05. The van der Waals surface area contributed by atoms with Crippen LogP contribution in [0.1, 0.15) is 68.6 Å². The maximum atomic E-state index is 13.5. The number of nitrogens with zero attached hydrogens (tertiary/aromatic N) is 4. The van der Waals surface area contributed by atoms with Gasteiger partial charge in [-0.25, -0.2) is 9.98 Å². The van der Waals surface area contributed by atoms with E-state index in [4.69, 9.17) is 9.47 Å². The number of carbonyl (C=O) groups excluding carboxylic acids is 1. The number of rotatable bonds is 12. The van der Waals surface area contributed by atoms with E-state index < -0.39 is 17.7 Å². The molecule has 44 heavy (non-hydrogen) atoms. The SMILES string of the molecule is CCN(C)C=Nc1cc(OC)c(C(=O)C(C)C)cc1C.CCN(C)C=Nc1cc(OC)c(C(O)(C(C)C)C(F)(F)F)cc1C. The third kappa shape index (κ3) is 9.45. The summed E-state index contributed by atoms with van der Waals surface area (Å²) >= 11 is 0. The highest BCUT2D eigenvalue weighted by Crippen LogP contribution is 2.48. The Morgan fingerprint density at radius 1 is 0.864 bits per heavy atom. The van der Waals surface area contributed by atoms with Crippen molar-refractivity contribution in [3.63, 3.8) is 0 Å². The molecule has 0 radical (unpaired) electrons. The molecule has 0 aliphatic carbocycles. The highest BCUT2D eigenvalue weighted by molar-refractivity contribution is 6.00. The fourth-order valence-electron chi connectivity index (χ4n) is 4.05. The maximum absolute atomic E-state index is 13.5. The van der Waals surface area contributed by atoms with Crippen molar-refractivity contribution in [2.45, 2.75) is 67.2 Å². The predicted octanol–water partition coefficient (Wildman–Crippen LogP) is 7.47. The van der Waals surface area contributed by atoms with E-state index in [0.717, 1.165) is 24.3 Å². The van der Waals surface area contributed by atoms with Crippen LogP contribution in [0.4, 0.5) is 24.5 Å². The molecular weight excluding hydrogens is 573 g/mol. The second-order valence-electron chi connectivity index (χ2n) is 11.3. The van der Waals surface area contributed by atoms with Crippen LogP contribution in [-0.4, -0.2) is 80.9 Å². The first-order valence-corrected chi connectivity index (χ1v) is 14.6. The van der Waals surface area contributed by atoms with Gasteiger partial charge in [0.05, 0.1) is 43.8 Å². The number of alkyl halides is 3. The molecule has 0 bridgehead atoms. The van der Waals surface area contributed by atoms with Gasteiger partial charge in [0, 0.05) is 50.8 Å². The lowest BCUT2D eigenvalue weighted by atomic mass is 9.81. The van der Waals surface area contributed by atoms with Crippen molar-refractivity contribution in [3.05, 3.63) is 46.5 Å². The number of aliphatic imine (C=N–C) groups is 2. The minimum Gasteiger partial charge on any atom is -0.496 e. The van der Waals surface area contributed by atoms with E-state index in [1.165, 1.54) is 33.1 Å². The molecule has 0 amide bonds. The molecule has 1 N–H and O–H groups in total. The minimum absolute atomic E-state index is 0.0413. The van der Waals surface area contributed by atoms with Gasteiger partial charge in [-0.3, -0.25) is 4.79 Å². The van der Waals surface area contributed by atoms with Crippen molar-refractivity contribution >= 4 is 29.8 Å². The molecule has 8 nitrogen and oxygen atoms in total. The Bertz CT molecular complexity index is 1310. The number of carbonyl (C=O) groups is 1. The summed E-state index contributed by atoms with van der Waals surface area (Å²) in [6.45, 7) is 15.7. The average Bonchev–Trinajstić information content (AvgIpc) is 2.97. The molecule has 0 saturated carbocycles. The van der Waals surface area contributed by atoms with Crippen molar-refractivity contribution < 1.29 is 32.5 Å². The fraction of sp³-hybridized carbons (Fsp3) is 0.545. The van der Waals surface area contributed by atoms with Crippen LogP contribution in [0.3, 0.4) is 0 Å². The molecule has 2 rings (SSSR count). The Morgan fingerprint density at radius 3 is 1.66 bits per heavy atom. The van der Waals surface area contributed by atoms with Crippen LogP contribution < -0.4 is 9.47 Å². The molecule has 11 heteroatoms. The van der Waals surface area contributed by atoms with Crippen LogP contribution in [0, 0.1) is 25.7 Å². The van der Waals surface area contributed by atoms with E-state index in [1.807, 2.05) is 63.7 Å². The van der Waals surface area contributed by atoms with Crippen molar-refractivity contribution in [2.75, 3.05) is 41.4 Å². The highest BCUT2D eigenvalue weighted by atomic mass is 19.4. The van der Waals surface area contributed by atoms with E-state index in [9.17, 15) is 23.1 Å². The minimum atomic E-state index is -4.83. The monoisotopic (exact) mass is 622 g/mol. The van der Waals surface area contributed by atoms with Crippen LogP contribution in [-0.2, 0) is 5.60 Å². The largest absolute Gasteiger partial charge is 0.496 e. The third-order valence-corrected chi connectivity index (χ3v) is 7.29. The van der Waals surface area contributed by atoms with Crippen LogP contribution in [0.2, 0.25) is 0 Å². The number of benzene rings is 2. The Kier molecular flexibility index (Phi) is 14.4. The first-order valence-electron chi connectivity index (χ1n) is 14.6. The molecule has 0 spiro atoms. The lowest BCUT2D eigenvalue weighted by Gasteiger charge is -2.35. The number of aliphatic hydroxyl groups is 1. The Balaban J connectivity index is 0.000000447. The van der Waals surface area contributed by atoms with Gasteiger partial charge >= 0.3 is 6.18 Å². The number of ether oxygens (including phenoxy) is 2. The molecule has 0 aliphatic heterocycles. The van der Waals surface area contributed by atoms with Crippen LogP contribution in [0.25, 0.3) is 0 Å². The van der Waals surface area contributed by atoms with E-state index in [2.05, 4.69) is 16.9 Å². The normalized spacial score (nSPS) is 13.2. The number of ketones is 1. The second-order valence-corrected chi connectivity index (χ2v) is 11.3. The molecular formula is C33H49F3N4O4. The number of methoxy groups -OCH3 is 2. The maximum Gasteiger partial charge on any atom is 0.421 e. The number of aryl methyl sites for hydroxylation is 2. The lowest BCUT2D eigenvalue weighted by Crippen LogP contribution is -2.47. The number of halogens is 3. The van der Waals surface area contributed by atoms with Crippen molar-refractivity contribution in [1.82, 2.24) is 9.80 Å². The topological polar surface area (TPSA) is 87.0 Å². The molecule has 246 valence electrons. The summed E-state index contributed by atoms with van der Waals surface area (Å²) in [5.74, 6) is -0.498. The van der Waals surface area contributed by atoms with Gasteiger partial charge < -0.3 is 24.4 Å². The smallest absolute Gasteiger partial charge is 0.421 e. The molecule has 0 fully saturated rings. The van der Waals surface area contributed by atoms with Gasteiger partial charge in [-0.1, -0.05) is 27.7 Å². The van der Waals surface area contributed by atoms with Gasteiger partial charge in [-0.15, -0.1) is 0 Å². The van der Waals surface area contributed by atoms with Gasteiger partial charge in [0.25, 0.3) is 0 Å². The van der Waals surface area contributed by atoms with Gasteiger partial charge in [0.15, 0.2) is 11.4 Å². The van der Waals surface area contributed by atoms with Gasteiger partial charge in [-0.05, 0) is 56.9 Å². The van der Waals surface area contributed by atoms with Crippen LogP contribution in [0.15, 0.2) is 34.3 Å². The molecule has 0 aliphatic rings. The zero-order chi connectivity index (χ0) is 34.0. The van der Waals surface area contributed by atoms with E-state index >= 15 is 0 Å². The lowest BCUT2D eigenvalue weighted by molar-refractivity contribution is -0.283. The van der Waals surface area contributed by atoms with Crippen LogP contribution >= 0.6 is 0 Å². The second kappa shape index (κ2) is 16.5. The third-order valence-electron chi connectivity index (χ3n) is 7.29. The molecule has 0 aromatic heterocycles. The molecule has 2 aromatic carbocycles. The molecule has 2 aromatic rings. The van der Waals surface area contributed by atoms with Crippen LogP contribution in [0.5, 0.6) is 11.5 Å². The number of Topliss-reactive ketones (excluding diaryl/α,β-unsaturated/α-hetero) is 1. The molecule has 0 heterocycles. The number of hydrogen-bond acceptors (Lipinski definition) is 6. The summed E-state index contributed by atoms with van der Waals surface area (Å²) < 4.78 is 51.1. The summed E-state index contributed by atoms with van der Waals surface area (Å²) in [5.41, 5.74) is 0.138. The average molecular weight is 623 g/mol. The summed E-state index contributed by atoms with van der Waals surface area (Å²) in [5, 5.41) is 10.4. The van der Waals surface area contributed by atoms with Gasteiger partial charge in [-0.2, -0.15) is 13.2 Å². The van der Waals surface area contributed by atoms with Gasteiger partial charge in [0.2, 0.25) is 0 Å². The Morgan fingerprint density at radius 2 is 1.30 bits per heavy atom. The van der Waals surface area contributed by atoms with E-state index in [0.29, 0.717) is 22.6 Å². The number of hydrogen-bond donors (Lipinski definition) is 1.